The zero-order valence-corrected chi connectivity index (χ0v) is 19.7. The molecule has 0 spiro atoms. The Balaban J connectivity index is 1.18. The molecule has 0 unspecified atom stereocenters. The number of carbonyl (C=O) groups is 1. The highest BCUT2D eigenvalue weighted by atomic mass is 32.2. The molecule has 7 nitrogen and oxygen atoms in total. The van der Waals surface area contributed by atoms with Gasteiger partial charge in [0.25, 0.3) is 5.91 Å². The van der Waals surface area contributed by atoms with E-state index < -0.39 is 10.0 Å². The highest BCUT2D eigenvalue weighted by Gasteiger charge is 2.30. The van der Waals surface area contributed by atoms with Gasteiger partial charge in [-0.3, -0.25) is 9.69 Å². The number of benzene rings is 1. The van der Waals surface area contributed by atoms with E-state index in [-0.39, 0.29) is 10.8 Å². The molecule has 0 radical (unpaired) electrons. The number of carbonyl (C=O) groups excluding carboxylic acids is 1. The molecule has 0 saturated carbocycles. The van der Waals surface area contributed by atoms with Crippen LogP contribution < -0.4 is 0 Å². The van der Waals surface area contributed by atoms with Crippen molar-refractivity contribution < 1.29 is 17.9 Å². The van der Waals surface area contributed by atoms with E-state index in [1.165, 1.54) is 14.7 Å². The SMILES string of the molecule is O=C(c1ccc(S(=O)(=O)N2CCOCC2)cc1)N1CCC(N2CCc3sccc3C2)CC1. The van der Waals surface area contributed by atoms with Gasteiger partial charge in [-0.05, 0) is 60.5 Å². The zero-order valence-electron chi connectivity index (χ0n) is 18.1. The summed E-state index contributed by atoms with van der Waals surface area (Å²) in [6.45, 7) is 5.16. The third-order valence-electron chi connectivity index (χ3n) is 6.81. The van der Waals surface area contributed by atoms with Gasteiger partial charge in [0, 0.05) is 55.8 Å². The number of piperidine rings is 1. The van der Waals surface area contributed by atoms with Crippen LogP contribution >= 0.6 is 11.3 Å². The first-order valence-corrected chi connectivity index (χ1v) is 13.6. The number of fused-ring (bicyclic) bond motifs is 1. The van der Waals surface area contributed by atoms with Crippen molar-refractivity contribution >= 4 is 27.3 Å². The van der Waals surface area contributed by atoms with Gasteiger partial charge in [-0.15, -0.1) is 11.3 Å². The van der Waals surface area contributed by atoms with Crippen LogP contribution in [0.3, 0.4) is 0 Å². The largest absolute Gasteiger partial charge is 0.379 e. The van der Waals surface area contributed by atoms with Crippen molar-refractivity contribution in [2.24, 2.45) is 0 Å². The summed E-state index contributed by atoms with van der Waals surface area (Å²) >= 11 is 1.86. The fourth-order valence-corrected chi connectivity index (χ4v) is 7.20. The van der Waals surface area contributed by atoms with Crippen molar-refractivity contribution in [2.75, 3.05) is 45.9 Å². The number of rotatable bonds is 4. The Bertz CT molecular complexity index is 1050. The maximum absolute atomic E-state index is 13.0. The number of nitrogens with zero attached hydrogens (tertiary/aromatic N) is 3. The van der Waals surface area contributed by atoms with E-state index in [0.29, 0.717) is 37.9 Å². The molecule has 2 saturated heterocycles. The maximum atomic E-state index is 13.0. The molecule has 0 atom stereocenters. The smallest absolute Gasteiger partial charge is 0.253 e. The molecule has 172 valence electrons. The Hall–Kier alpha value is -1.78. The van der Waals surface area contributed by atoms with Gasteiger partial charge in [0.1, 0.15) is 0 Å². The minimum absolute atomic E-state index is 0.0162. The molecule has 0 aliphatic carbocycles. The number of hydrogen-bond donors (Lipinski definition) is 0. The number of likely N-dealkylation sites (tertiary alicyclic amines) is 1. The Kier molecular flexibility index (Phi) is 6.35. The molecule has 1 aromatic carbocycles. The van der Waals surface area contributed by atoms with Gasteiger partial charge in [0.05, 0.1) is 18.1 Å². The maximum Gasteiger partial charge on any atom is 0.253 e. The van der Waals surface area contributed by atoms with Crippen LogP contribution in [0.2, 0.25) is 0 Å². The highest BCUT2D eigenvalue weighted by molar-refractivity contribution is 7.89. The molecule has 0 bridgehead atoms. The lowest BCUT2D eigenvalue weighted by molar-refractivity contribution is 0.0600. The summed E-state index contributed by atoms with van der Waals surface area (Å²) in [6.07, 6.45) is 3.09. The molecule has 0 N–H and O–H groups in total. The van der Waals surface area contributed by atoms with Crippen molar-refractivity contribution in [1.82, 2.24) is 14.1 Å². The number of morpholine rings is 1. The van der Waals surface area contributed by atoms with E-state index >= 15 is 0 Å². The summed E-state index contributed by atoms with van der Waals surface area (Å²) in [6, 6.07) is 9.16. The van der Waals surface area contributed by atoms with Crippen molar-refractivity contribution in [3.8, 4) is 0 Å². The molecule has 5 rings (SSSR count). The number of sulfonamides is 1. The summed E-state index contributed by atoms with van der Waals surface area (Å²) in [4.78, 5) is 19.2. The van der Waals surface area contributed by atoms with Crippen LogP contribution in [0.5, 0.6) is 0 Å². The predicted molar refractivity (Wildman–Crippen MR) is 123 cm³/mol. The van der Waals surface area contributed by atoms with E-state index in [4.69, 9.17) is 4.74 Å². The second kappa shape index (κ2) is 9.23. The van der Waals surface area contributed by atoms with Crippen LogP contribution in [0.25, 0.3) is 0 Å². The lowest BCUT2D eigenvalue weighted by Crippen LogP contribution is -2.47. The van der Waals surface area contributed by atoms with E-state index in [1.54, 1.807) is 24.3 Å². The Morgan fingerprint density at radius 3 is 2.41 bits per heavy atom. The van der Waals surface area contributed by atoms with Crippen molar-refractivity contribution in [3.63, 3.8) is 0 Å². The molecule has 1 aromatic heterocycles. The highest BCUT2D eigenvalue weighted by Crippen LogP contribution is 2.28. The van der Waals surface area contributed by atoms with Crippen LogP contribution in [0.15, 0.2) is 40.6 Å². The van der Waals surface area contributed by atoms with Gasteiger partial charge in [0.15, 0.2) is 0 Å². The summed E-state index contributed by atoms with van der Waals surface area (Å²) in [5.41, 5.74) is 2.01. The zero-order chi connectivity index (χ0) is 22.1. The summed E-state index contributed by atoms with van der Waals surface area (Å²) < 4.78 is 32.3. The third-order valence-corrected chi connectivity index (χ3v) is 9.75. The lowest BCUT2D eigenvalue weighted by atomic mass is 9.99. The monoisotopic (exact) mass is 475 g/mol. The molecule has 1 amide bonds. The quantitative estimate of drug-likeness (QED) is 0.679. The molecule has 2 aromatic rings. The second-order valence-electron chi connectivity index (χ2n) is 8.65. The average molecular weight is 476 g/mol. The van der Waals surface area contributed by atoms with E-state index in [2.05, 4.69) is 16.3 Å². The van der Waals surface area contributed by atoms with Crippen LogP contribution in [0.1, 0.15) is 33.6 Å². The second-order valence-corrected chi connectivity index (χ2v) is 11.6. The minimum Gasteiger partial charge on any atom is -0.379 e. The Morgan fingerprint density at radius 2 is 1.69 bits per heavy atom. The Morgan fingerprint density at radius 1 is 0.969 bits per heavy atom. The number of thiophene rings is 1. The fourth-order valence-electron chi connectivity index (χ4n) is 4.90. The molecule has 4 heterocycles. The topological polar surface area (TPSA) is 70.2 Å². The standard InChI is InChI=1S/C23H29N3O4S2/c27-23(18-1-3-21(4-2-18)32(28,29)26-12-14-30-15-13-26)24-9-5-20(6-10-24)25-11-7-22-19(17-25)8-16-31-22/h1-4,8,16,20H,5-7,9-15,17H2. The summed E-state index contributed by atoms with van der Waals surface area (Å²) in [5.74, 6) is -0.0162. The molecule has 9 heteroatoms. The molecular formula is C23H29N3O4S2. The van der Waals surface area contributed by atoms with E-state index in [1.807, 2.05) is 16.2 Å². The molecular weight excluding hydrogens is 446 g/mol. The normalized spacial score (nSPS) is 21.4. The third kappa shape index (κ3) is 4.36. The van der Waals surface area contributed by atoms with E-state index in [9.17, 15) is 13.2 Å². The number of hydrogen-bond acceptors (Lipinski definition) is 6. The van der Waals surface area contributed by atoms with Crippen molar-refractivity contribution in [3.05, 3.63) is 51.7 Å². The summed E-state index contributed by atoms with van der Waals surface area (Å²) in [5, 5.41) is 2.19. The van der Waals surface area contributed by atoms with Crippen LogP contribution in [-0.4, -0.2) is 80.4 Å². The van der Waals surface area contributed by atoms with Gasteiger partial charge >= 0.3 is 0 Å². The van der Waals surface area contributed by atoms with Gasteiger partial charge in [0.2, 0.25) is 10.0 Å². The first-order chi connectivity index (χ1) is 15.5. The molecule has 2 fully saturated rings. The summed E-state index contributed by atoms with van der Waals surface area (Å²) in [7, 11) is -3.54. The lowest BCUT2D eigenvalue weighted by Gasteiger charge is -2.40. The van der Waals surface area contributed by atoms with Gasteiger partial charge in [-0.25, -0.2) is 8.42 Å². The average Bonchev–Trinajstić information content (AvgIpc) is 3.32. The van der Waals surface area contributed by atoms with Crippen LogP contribution in [0, 0.1) is 0 Å². The minimum atomic E-state index is -3.54. The first kappa shape index (κ1) is 22.0. The van der Waals surface area contributed by atoms with Gasteiger partial charge in [-0.2, -0.15) is 4.31 Å². The molecule has 3 aliphatic rings. The van der Waals surface area contributed by atoms with Crippen molar-refractivity contribution in [2.45, 2.75) is 36.7 Å². The van der Waals surface area contributed by atoms with Crippen LogP contribution in [-0.2, 0) is 27.7 Å². The Labute approximate surface area is 193 Å². The van der Waals surface area contributed by atoms with Crippen molar-refractivity contribution in [1.29, 1.82) is 0 Å². The predicted octanol–water partition coefficient (Wildman–Crippen LogP) is 2.43. The molecule has 32 heavy (non-hydrogen) atoms. The van der Waals surface area contributed by atoms with Crippen LogP contribution in [0.4, 0.5) is 0 Å². The number of amides is 1. The van der Waals surface area contributed by atoms with Gasteiger partial charge < -0.3 is 9.64 Å². The number of ether oxygens (including phenoxy) is 1. The fraction of sp³-hybridized carbons (Fsp3) is 0.522. The first-order valence-electron chi connectivity index (χ1n) is 11.3. The van der Waals surface area contributed by atoms with E-state index in [0.717, 1.165) is 45.4 Å². The van der Waals surface area contributed by atoms with Gasteiger partial charge in [-0.1, -0.05) is 0 Å². The molecule has 3 aliphatic heterocycles.